The van der Waals surface area contributed by atoms with Crippen molar-refractivity contribution in [3.63, 3.8) is 0 Å². The molecule has 1 unspecified atom stereocenters. The van der Waals surface area contributed by atoms with E-state index < -0.39 is 11.9 Å². The van der Waals surface area contributed by atoms with Gasteiger partial charge in [0, 0.05) is 0 Å². The summed E-state index contributed by atoms with van der Waals surface area (Å²) in [5.74, 6) is -1.34. The van der Waals surface area contributed by atoms with Crippen LogP contribution in [-0.4, -0.2) is 18.9 Å². The average molecular weight is 183 g/mol. The van der Waals surface area contributed by atoms with Crippen LogP contribution >= 0.6 is 0 Å². The number of hydrogen-bond acceptors (Lipinski definition) is 3. The molecule has 0 heterocycles. The molecule has 0 aliphatic carbocycles. The molecule has 0 N–H and O–H groups in total. The van der Waals surface area contributed by atoms with Crippen molar-refractivity contribution in [2.75, 3.05) is 7.11 Å². The fourth-order valence-corrected chi connectivity index (χ4v) is 0.889. The Hall–Kier alpha value is -1.12. The predicted molar refractivity (Wildman–Crippen MR) is 49.9 cm³/mol. The highest BCUT2D eigenvalue weighted by atomic mass is 16.5. The van der Waals surface area contributed by atoms with E-state index in [1.165, 1.54) is 14.0 Å². The SMILES string of the molecule is [CH2]C(C)=CCC(C(C)=O)C(=O)OC. The summed E-state index contributed by atoms with van der Waals surface area (Å²) in [4.78, 5) is 22.1. The summed E-state index contributed by atoms with van der Waals surface area (Å²) >= 11 is 0. The minimum Gasteiger partial charge on any atom is -0.468 e. The van der Waals surface area contributed by atoms with Crippen molar-refractivity contribution in [2.24, 2.45) is 5.92 Å². The van der Waals surface area contributed by atoms with Crippen LogP contribution < -0.4 is 0 Å². The molecule has 1 radical (unpaired) electrons. The zero-order valence-electron chi connectivity index (χ0n) is 8.29. The maximum absolute atomic E-state index is 11.1. The quantitative estimate of drug-likeness (QED) is 0.490. The van der Waals surface area contributed by atoms with Crippen molar-refractivity contribution in [2.45, 2.75) is 20.3 Å². The Bertz CT molecular complexity index is 224. The van der Waals surface area contributed by atoms with Crippen molar-refractivity contribution >= 4 is 11.8 Å². The van der Waals surface area contributed by atoms with Gasteiger partial charge in [0.1, 0.15) is 11.7 Å². The van der Waals surface area contributed by atoms with Gasteiger partial charge in [-0.05, 0) is 27.2 Å². The maximum atomic E-state index is 11.1. The Balaban J connectivity index is 4.36. The second kappa shape index (κ2) is 5.51. The fourth-order valence-electron chi connectivity index (χ4n) is 0.889. The lowest BCUT2D eigenvalue weighted by atomic mass is 10.0. The lowest BCUT2D eigenvalue weighted by molar-refractivity contribution is -0.148. The van der Waals surface area contributed by atoms with E-state index in [1.54, 1.807) is 6.08 Å². The molecule has 0 aromatic carbocycles. The molecule has 0 rings (SSSR count). The standard InChI is InChI=1S/C10H15O3/c1-7(2)5-6-9(8(3)11)10(12)13-4/h5,9H,1,6H2,2-4H3. The molecule has 0 aliphatic heterocycles. The first kappa shape index (κ1) is 11.9. The minimum atomic E-state index is -0.679. The number of methoxy groups -OCH3 is 1. The molecule has 0 spiro atoms. The van der Waals surface area contributed by atoms with Gasteiger partial charge in [0.05, 0.1) is 7.11 Å². The molecule has 0 saturated carbocycles. The van der Waals surface area contributed by atoms with E-state index >= 15 is 0 Å². The molecule has 3 nitrogen and oxygen atoms in total. The minimum absolute atomic E-state index is 0.177. The molecule has 0 amide bonds. The van der Waals surface area contributed by atoms with Gasteiger partial charge >= 0.3 is 5.97 Å². The zero-order valence-corrected chi connectivity index (χ0v) is 8.29. The highest BCUT2D eigenvalue weighted by molar-refractivity contribution is 5.97. The summed E-state index contributed by atoms with van der Waals surface area (Å²) in [5.41, 5.74) is 0.843. The van der Waals surface area contributed by atoms with E-state index in [9.17, 15) is 9.59 Å². The Labute approximate surface area is 78.8 Å². The van der Waals surface area contributed by atoms with Crippen LogP contribution in [0.15, 0.2) is 11.6 Å². The predicted octanol–water partition coefficient (Wildman–Crippen LogP) is 1.54. The fraction of sp³-hybridized carbons (Fsp3) is 0.500. The average Bonchev–Trinajstić information content (AvgIpc) is 2.03. The first-order chi connectivity index (χ1) is 5.99. The molecule has 1 atom stereocenters. The smallest absolute Gasteiger partial charge is 0.316 e. The number of hydrogen-bond donors (Lipinski definition) is 0. The van der Waals surface area contributed by atoms with E-state index in [2.05, 4.69) is 11.7 Å². The summed E-state index contributed by atoms with van der Waals surface area (Å²) in [6, 6.07) is 0. The number of carbonyl (C=O) groups excluding carboxylic acids is 2. The number of ketones is 1. The third kappa shape index (κ3) is 4.45. The van der Waals surface area contributed by atoms with Crippen LogP contribution in [-0.2, 0) is 14.3 Å². The molecule has 3 heteroatoms. The summed E-state index contributed by atoms with van der Waals surface area (Å²) in [6.45, 7) is 6.85. The molecule has 0 aromatic heterocycles. The van der Waals surface area contributed by atoms with Gasteiger partial charge in [0.25, 0.3) is 0 Å². The largest absolute Gasteiger partial charge is 0.468 e. The van der Waals surface area contributed by atoms with Gasteiger partial charge in [-0.2, -0.15) is 0 Å². The molecule has 0 bridgehead atoms. The van der Waals surface area contributed by atoms with Crippen molar-refractivity contribution < 1.29 is 14.3 Å². The summed E-state index contributed by atoms with van der Waals surface area (Å²) in [7, 11) is 1.28. The number of Topliss-reactive ketones (excluding diaryl/α,β-unsaturated/α-hetero) is 1. The molecule has 0 aromatic rings. The summed E-state index contributed by atoms with van der Waals surface area (Å²) in [6.07, 6.45) is 2.13. The molecule has 73 valence electrons. The molecule has 0 saturated heterocycles. The number of rotatable bonds is 4. The highest BCUT2D eigenvalue weighted by Crippen LogP contribution is 2.09. The molecule has 13 heavy (non-hydrogen) atoms. The highest BCUT2D eigenvalue weighted by Gasteiger charge is 2.22. The lowest BCUT2D eigenvalue weighted by Crippen LogP contribution is -2.22. The molecular formula is C10H15O3. The first-order valence-corrected chi connectivity index (χ1v) is 4.06. The van der Waals surface area contributed by atoms with Crippen LogP contribution in [0.2, 0.25) is 0 Å². The van der Waals surface area contributed by atoms with Crippen LogP contribution in [0.5, 0.6) is 0 Å². The number of allylic oxidation sites excluding steroid dienone is 2. The monoisotopic (exact) mass is 183 g/mol. The van der Waals surface area contributed by atoms with Gasteiger partial charge in [-0.1, -0.05) is 11.6 Å². The molecule has 0 aliphatic rings. The van der Waals surface area contributed by atoms with Gasteiger partial charge in [-0.25, -0.2) is 0 Å². The third-order valence-electron chi connectivity index (χ3n) is 1.68. The van der Waals surface area contributed by atoms with Crippen molar-refractivity contribution in [3.05, 3.63) is 18.6 Å². The van der Waals surface area contributed by atoms with Gasteiger partial charge in [-0.15, -0.1) is 0 Å². The van der Waals surface area contributed by atoms with Crippen molar-refractivity contribution in [3.8, 4) is 0 Å². The maximum Gasteiger partial charge on any atom is 0.316 e. The zero-order chi connectivity index (χ0) is 10.4. The third-order valence-corrected chi connectivity index (χ3v) is 1.68. The van der Waals surface area contributed by atoms with Crippen LogP contribution in [0.4, 0.5) is 0 Å². The number of esters is 1. The van der Waals surface area contributed by atoms with E-state index in [1.807, 2.05) is 6.92 Å². The Morgan fingerprint density at radius 3 is 2.31 bits per heavy atom. The van der Waals surface area contributed by atoms with E-state index in [-0.39, 0.29) is 5.78 Å². The van der Waals surface area contributed by atoms with Crippen molar-refractivity contribution in [1.82, 2.24) is 0 Å². The second-order valence-electron chi connectivity index (χ2n) is 2.97. The van der Waals surface area contributed by atoms with E-state index in [0.717, 1.165) is 5.57 Å². The van der Waals surface area contributed by atoms with Gasteiger partial charge in [-0.3, -0.25) is 9.59 Å². The number of carbonyl (C=O) groups is 2. The normalized spacial score (nSPS) is 13.7. The van der Waals surface area contributed by atoms with Gasteiger partial charge in [0.2, 0.25) is 0 Å². The lowest BCUT2D eigenvalue weighted by Gasteiger charge is -2.08. The Morgan fingerprint density at radius 2 is 2.00 bits per heavy atom. The summed E-state index contributed by atoms with van der Waals surface area (Å²) in [5, 5.41) is 0. The Morgan fingerprint density at radius 1 is 1.46 bits per heavy atom. The van der Waals surface area contributed by atoms with E-state index in [4.69, 9.17) is 0 Å². The molecule has 0 fully saturated rings. The first-order valence-electron chi connectivity index (χ1n) is 4.06. The molecular weight excluding hydrogens is 168 g/mol. The van der Waals surface area contributed by atoms with Gasteiger partial charge in [0.15, 0.2) is 0 Å². The van der Waals surface area contributed by atoms with E-state index in [0.29, 0.717) is 6.42 Å². The van der Waals surface area contributed by atoms with Crippen LogP contribution in [0.1, 0.15) is 20.3 Å². The van der Waals surface area contributed by atoms with Crippen LogP contribution in [0.25, 0.3) is 0 Å². The topological polar surface area (TPSA) is 43.4 Å². The van der Waals surface area contributed by atoms with Crippen molar-refractivity contribution in [1.29, 1.82) is 0 Å². The second-order valence-corrected chi connectivity index (χ2v) is 2.97. The number of ether oxygens (including phenoxy) is 1. The van der Waals surface area contributed by atoms with Crippen LogP contribution in [0.3, 0.4) is 0 Å². The summed E-state index contributed by atoms with van der Waals surface area (Å²) < 4.78 is 4.50. The van der Waals surface area contributed by atoms with Crippen LogP contribution in [0, 0.1) is 12.8 Å². The Kier molecular flexibility index (Phi) is 5.04. The van der Waals surface area contributed by atoms with Gasteiger partial charge < -0.3 is 4.74 Å².